The SMILES string of the molecule is O=C(OC(c1ccccc1)c1ccccc1)C1=C(CCl)CS[C@@H]2[C@H](NC(=O)/C(=N/OC(F)F)c3csc(NC(c4ccccc4)(c4ccccc4)c4ccccc4)n3)C(=O)N12. The fraction of sp³-hybridized carbons (Fsp3) is 0.152. The van der Waals surface area contributed by atoms with E-state index in [4.69, 9.17) is 16.3 Å². The van der Waals surface area contributed by atoms with Gasteiger partial charge >= 0.3 is 12.6 Å². The molecule has 61 heavy (non-hydrogen) atoms. The molecule has 6 aromatic rings. The summed E-state index contributed by atoms with van der Waals surface area (Å²) in [5, 5.41) is 10.8. The van der Waals surface area contributed by atoms with Crippen molar-refractivity contribution in [2.24, 2.45) is 5.16 Å². The van der Waals surface area contributed by atoms with Crippen molar-refractivity contribution in [3.05, 3.63) is 202 Å². The van der Waals surface area contributed by atoms with Crippen molar-refractivity contribution < 1.29 is 32.7 Å². The zero-order valence-corrected chi connectivity index (χ0v) is 34.5. The number of β-lactam (4-membered cyclic amide) rings is 1. The van der Waals surface area contributed by atoms with E-state index in [0.29, 0.717) is 10.7 Å². The lowest BCUT2D eigenvalue weighted by Crippen LogP contribution is -2.71. The fourth-order valence-corrected chi connectivity index (χ4v) is 9.84. The summed E-state index contributed by atoms with van der Waals surface area (Å²) in [5.41, 5.74) is 2.96. The van der Waals surface area contributed by atoms with E-state index < -0.39 is 53.2 Å². The third kappa shape index (κ3) is 8.51. The lowest BCUT2D eigenvalue weighted by molar-refractivity contribution is -0.154. The van der Waals surface area contributed by atoms with E-state index >= 15 is 0 Å². The Morgan fingerprint density at radius 2 is 1.33 bits per heavy atom. The Bertz CT molecular complexity index is 2420. The number of halogens is 3. The maximum Gasteiger partial charge on any atom is 0.407 e. The van der Waals surface area contributed by atoms with Crippen LogP contribution in [0.25, 0.3) is 0 Å². The second-order valence-electron chi connectivity index (χ2n) is 13.9. The summed E-state index contributed by atoms with van der Waals surface area (Å²) < 4.78 is 33.1. The van der Waals surface area contributed by atoms with E-state index in [1.165, 1.54) is 22.0 Å². The lowest BCUT2D eigenvalue weighted by Gasteiger charge is -2.49. The highest BCUT2D eigenvalue weighted by Crippen LogP contribution is 2.43. The number of anilines is 1. The first kappa shape index (κ1) is 41.4. The highest BCUT2D eigenvalue weighted by atomic mass is 35.5. The molecule has 2 aliphatic rings. The van der Waals surface area contributed by atoms with Crippen molar-refractivity contribution in [2.75, 3.05) is 16.9 Å². The van der Waals surface area contributed by atoms with Gasteiger partial charge in [0.1, 0.15) is 28.3 Å². The molecule has 10 nitrogen and oxygen atoms in total. The number of ether oxygens (including phenoxy) is 1. The third-order valence-electron chi connectivity index (χ3n) is 10.2. The Hall–Kier alpha value is -6.35. The van der Waals surface area contributed by atoms with E-state index in [1.54, 1.807) is 0 Å². The van der Waals surface area contributed by atoms with Gasteiger partial charge in [-0.3, -0.25) is 14.5 Å². The number of carbonyl (C=O) groups is 3. The van der Waals surface area contributed by atoms with Crippen LogP contribution in [-0.4, -0.2) is 63.0 Å². The number of benzene rings is 5. The Labute approximate surface area is 363 Å². The van der Waals surface area contributed by atoms with Crippen LogP contribution in [0.2, 0.25) is 0 Å². The van der Waals surface area contributed by atoms with Crippen LogP contribution in [0.15, 0.2) is 173 Å². The predicted octanol–water partition coefficient (Wildman–Crippen LogP) is 8.72. The van der Waals surface area contributed by atoms with Crippen LogP contribution in [0.5, 0.6) is 0 Å². The number of esters is 1. The van der Waals surface area contributed by atoms with Crippen LogP contribution >= 0.6 is 34.7 Å². The third-order valence-corrected chi connectivity index (χ3v) is 12.6. The highest BCUT2D eigenvalue weighted by Gasteiger charge is 2.55. The normalized spacial score (nSPS) is 16.5. The number of carbonyl (C=O) groups excluding carboxylic acids is 3. The van der Waals surface area contributed by atoms with Gasteiger partial charge in [-0.05, 0) is 33.4 Å². The number of thioether (sulfide) groups is 1. The van der Waals surface area contributed by atoms with Gasteiger partial charge in [0.05, 0.1) is 0 Å². The van der Waals surface area contributed by atoms with E-state index in [2.05, 4.69) is 25.6 Å². The number of rotatable bonds is 15. The summed E-state index contributed by atoms with van der Waals surface area (Å²) >= 11 is 8.74. The molecule has 1 aromatic heterocycles. The molecule has 2 N–H and O–H groups in total. The Morgan fingerprint density at radius 1 is 0.820 bits per heavy atom. The number of hydrogen-bond donors (Lipinski definition) is 2. The standard InChI is InChI=1S/C46H36ClF2N5O5S2/c47-26-31-27-60-42-37(41(56)54(42)38(31)43(57)58-39(29-16-6-1-7-17-29)30-18-8-2-9-19-30)51-40(55)36(53-59-44(48)49)35-28-61-45(50-35)52-46(32-20-10-3-11-21-32,33-22-12-4-13-23-33)34-24-14-5-15-25-34/h1-25,28,37,39,42,44H,26-27H2,(H,50,52)(H,51,55)/b53-36+/t37-,42-/m1/s1. The van der Waals surface area contributed by atoms with Gasteiger partial charge in [-0.2, -0.15) is 8.78 Å². The number of nitrogens with zero attached hydrogens (tertiary/aromatic N) is 3. The molecule has 3 heterocycles. The molecule has 0 aliphatic carbocycles. The van der Waals surface area contributed by atoms with Crippen molar-refractivity contribution in [3.63, 3.8) is 0 Å². The molecule has 2 aliphatic heterocycles. The van der Waals surface area contributed by atoms with E-state index in [1.807, 2.05) is 152 Å². The van der Waals surface area contributed by atoms with Gasteiger partial charge in [0.2, 0.25) is 0 Å². The second kappa shape index (κ2) is 18.5. The predicted molar refractivity (Wildman–Crippen MR) is 232 cm³/mol. The zero-order chi connectivity index (χ0) is 42.3. The highest BCUT2D eigenvalue weighted by molar-refractivity contribution is 8.00. The van der Waals surface area contributed by atoms with Gasteiger partial charge in [0.25, 0.3) is 11.8 Å². The van der Waals surface area contributed by atoms with Crippen molar-refractivity contribution >= 4 is 63.3 Å². The van der Waals surface area contributed by atoms with Crippen molar-refractivity contribution in [1.29, 1.82) is 0 Å². The lowest BCUT2D eigenvalue weighted by atomic mass is 9.77. The molecule has 1 saturated heterocycles. The average Bonchev–Trinajstić information content (AvgIpc) is 3.77. The van der Waals surface area contributed by atoms with Crippen LogP contribution in [0.3, 0.4) is 0 Å². The van der Waals surface area contributed by atoms with E-state index in [0.717, 1.165) is 39.2 Å². The largest absolute Gasteiger partial charge is 0.448 e. The summed E-state index contributed by atoms with van der Waals surface area (Å²) in [6.45, 7) is -3.35. The van der Waals surface area contributed by atoms with Gasteiger partial charge in [-0.1, -0.05) is 157 Å². The summed E-state index contributed by atoms with van der Waals surface area (Å²) in [5.74, 6) is -2.15. The molecule has 0 saturated carbocycles. The molecule has 5 aromatic carbocycles. The minimum atomic E-state index is -3.35. The molecule has 308 valence electrons. The Balaban J connectivity index is 1.05. The minimum Gasteiger partial charge on any atom is -0.448 e. The molecule has 8 rings (SSSR count). The van der Waals surface area contributed by atoms with Crippen LogP contribution < -0.4 is 10.6 Å². The Morgan fingerprint density at radius 3 is 1.82 bits per heavy atom. The topological polar surface area (TPSA) is 122 Å². The van der Waals surface area contributed by atoms with Gasteiger partial charge in [-0.25, -0.2) is 9.78 Å². The second-order valence-corrected chi connectivity index (χ2v) is 16.1. The first-order chi connectivity index (χ1) is 29.8. The smallest absolute Gasteiger partial charge is 0.407 e. The molecular weight excluding hydrogens is 840 g/mol. The Kier molecular flexibility index (Phi) is 12.6. The number of alkyl halides is 3. The van der Waals surface area contributed by atoms with Crippen LogP contribution in [0, 0.1) is 0 Å². The van der Waals surface area contributed by atoms with Crippen molar-refractivity contribution in [3.8, 4) is 0 Å². The monoisotopic (exact) mass is 875 g/mol. The molecule has 0 radical (unpaired) electrons. The van der Waals surface area contributed by atoms with Gasteiger partial charge in [0, 0.05) is 17.0 Å². The van der Waals surface area contributed by atoms with E-state index in [-0.39, 0.29) is 23.0 Å². The summed E-state index contributed by atoms with van der Waals surface area (Å²) in [6, 6.07) is 46.5. The minimum absolute atomic E-state index is 0.00464. The quantitative estimate of drug-likeness (QED) is 0.0263. The van der Waals surface area contributed by atoms with Crippen LogP contribution in [0.1, 0.15) is 39.6 Å². The molecule has 0 bridgehead atoms. The molecule has 15 heteroatoms. The van der Waals surface area contributed by atoms with Crippen molar-refractivity contribution in [2.45, 2.75) is 29.7 Å². The van der Waals surface area contributed by atoms with Gasteiger partial charge < -0.3 is 20.2 Å². The number of amides is 2. The maximum atomic E-state index is 14.1. The number of hydrogen-bond acceptors (Lipinski definition) is 10. The summed E-state index contributed by atoms with van der Waals surface area (Å²) in [6.07, 6.45) is -0.789. The molecular formula is C46H36ClF2N5O5S2. The van der Waals surface area contributed by atoms with E-state index in [9.17, 15) is 23.2 Å². The number of nitrogens with one attached hydrogen (secondary N) is 2. The van der Waals surface area contributed by atoms with Gasteiger partial charge in [-0.15, -0.1) is 34.7 Å². The first-order valence-electron chi connectivity index (χ1n) is 19.1. The molecule has 1 fully saturated rings. The van der Waals surface area contributed by atoms with Gasteiger partial charge in [0.15, 0.2) is 16.9 Å². The van der Waals surface area contributed by atoms with Crippen LogP contribution in [-0.2, 0) is 29.5 Å². The molecule has 2 atom stereocenters. The molecule has 2 amide bonds. The number of oxime groups is 1. The summed E-state index contributed by atoms with van der Waals surface area (Å²) in [4.78, 5) is 52.2. The van der Waals surface area contributed by atoms with Crippen molar-refractivity contribution in [1.82, 2.24) is 15.2 Å². The molecule has 0 spiro atoms. The zero-order valence-electron chi connectivity index (χ0n) is 32.1. The van der Waals surface area contributed by atoms with Crippen LogP contribution in [0.4, 0.5) is 13.9 Å². The summed E-state index contributed by atoms with van der Waals surface area (Å²) in [7, 11) is 0. The fourth-order valence-electron chi connectivity index (χ4n) is 7.41. The number of thiazole rings is 1. The first-order valence-corrected chi connectivity index (χ1v) is 21.5. The number of aromatic nitrogens is 1. The average molecular weight is 876 g/mol. The molecule has 0 unspecified atom stereocenters. The number of fused-ring (bicyclic) bond motifs is 1. The maximum absolute atomic E-state index is 14.1.